The predicted octanol–water partition coefficient (Wildman–Crippen LogP) is 5.29. The van der Waals surface area contributed by atoms with Crippen LogP contribution in [0.2, 0.25) is 0 Å². The van der Waals surface area contributed by atoms with Gasteiger partial charge in [0.25, 0.3) is 0 Å². The Morgan fingerprint density at radius 3 is 2.13 bits per heavy atom. The lowest BCUT2D eigenvalue weighted by atomic mass is 10.1. The number of rotatable bonds is 7. The first-order valence-electron chi connectivity index (χ1n) is 10.9. The molecule has 0 spiro atoms. The summed E-state index contributed by atoms with van der Waals surface area (Å²) >= 11 is 0. The molecule has 0 amide bonds. The van der Waals surface area contributed by atoms with Crippen molar-refractivity contribution in [1.82, 2.24) is 4.90 Å². The number of hydrogen-bond donors (Lipinski definition) is 0. The number of nitrogens with zero attached hydrogens (tertiary/aromatic N) is 2. The highest BCUT2D eigenvalue weighted by molar-refractivity contribution is 7.93. The van der Waals surface area contributed by atoms with Crippen LogP contribution in [0.5, 0.6) is 5.75 Å². The van der Waals surface area contributed by atoms with E-state index in [0.29, 0.717) is 0 Å². The molecule has 0 aromatic heterocycles. The molecule has 0 aliphatic carbocycles. The van der Waals surface area contributed by atoms with E-state index in [1.807, 2.05) is 72.8 Å². The van der Waals surface area contributed by atoms with Crippen molar-refractivity contribution < 1.29 is 8.95 Å². The Bertz CT molecular complexity index is 1030. The minimum atomic E-state index is -2.66. The Hall–Kier alpha value is -2.63. The fourth-order valence-electron chi connectivity index (χ4n) is 4.08. The second kappa shape index (κ2) is 10.1. The average molecular weight is 435 g/mol. The minimum Gasteiger partial charge on any atom is -0.497 e. The monoisotopic (exact) mass is 434 g/mol. The van der Waals surface area contributed by atoms with Crippen LogP contribution in [0, 0.1) is 0 Å². The zero-order chi connectivity index (χ0) is 21.5. The number of benzene rings is 3. The third-order valence-electron chi connectivity index (χ3n) is 5.78. The smallest absolute Gasteiger partial charge is 0.118 e. The maximum absolute atomic E-state index is 14.2. The van der Waals surface area contributed by atoms with E-state index >= 15 is 0 Å². The largest absolute Gasteiger partial charge is 0.497 e. The maximum Gasteiger partial charge on any atom is 0.118 e. The lowest BCUT2D eigenvalue weighted by Gasteiger charge is -2.31. The second-order valence-electron chi connectivity index (χ2n) is 7.95. The third kappa shape index (κ3) is 5.35. The summed E-state index contributed by atoms with van der Waals surface area (Å²) < 4.78 is 24.5. The van der Waals surface area contributed by atoms with Gasteiger partial charge in [-0.15, -0.1) is 0 Å². The van der Waals surface area contributed by atoms with Crippen LogP contribution >= 0.6 is 0 Å². The fraction of sp³-hybridized carbons (Fsp3) is 0.308. The zero-order valence-corrected chi connectivity index (χ0v) is 18.8. The van der Waals surface area contributed by atoms with Crippen LogP contribution in [0.1, 0.15) is 18.4 Å². The molecule has 1 unspecified atom stereocenters. The lowest BCUT2D eigenvalue weighted by molar-refractivity contribution is 0.213. The van der Waals surface area contributed by atoms with E-state index in [4.69, 9.17) is 9.10 Å². The molecule has 1 heterocycles. The van der Waals surface area contributed by atoms with Crippen molar-refractivity contribution >= 4 is 9.73 Å². The van der Waals surface area contributed by atoms with Gasteiger partial charge in [0.05, 0.1) is 22.9 Å². The third-order valence-corrected chi connectivity index (χ3v) is 8.20. The van der Waals surface area contributed by atoms with E-state index < -0.39 is 9.73 Å². The van der Waals surface area contributed by atoms with Gasteiger partial charge in [0.15, 0.2) is 0 Å². The maximum atomic E-state index is 14.2. The first kappa shape index (κ1) is 21.6. The molecule has 31 heavy (non-hydrogen) atoms. The molecule has 1 fully saturated rings. The summed E-state index contributed by atoms with van der Waals surface area (Å²) in [5, 5.41) is 0. The molecule has 0 bridgehead atoms. The summed E-state index contributed by atoms with van der Waals surface area (Å²) in [6.45, 7) is 2.91. The first-order valence-corrected chi connectivity index (χ1v) is 12.4. The van der Waals surface area contributed by atoms with Crippen molar-refractivity contribution in [3.63, 3.8) is 0 Å². The summed E-state index contributed by atoms with van der Waals surface area (Å²) in [4.78, 5) is 4.03. The molecule has 162 valence electrons. The molecular formula is C26H30N2O2S. The highest BCUT2D eigenvalue weighted by Gasteiger charge is 2.23. The summed E-state index contributed by atoms with van der Waals surface area (Å²) in [6, 6.07) is 27.7. The summed E-state index contributed by atoms with van der Waals surface area (Å²) in [5.74, 6) is 0.886. The zero-order valence-electron chi connectivity index (χ0n) is 18.0. The van der Waals surface area contributed by atoms with Gasteiger partial charge in [0.2, 0.25) is 0 Å². The molecule has 1 aliphatic heterocycles. The lowest BCUT2D eigenvalue weighted by Crippen LogP contribution is -2.39. The summed E-state index contributed by atoms with van der Waals surface area (Å²) in [7, 11) is -0.970. The highest BCUT2D eigenvalue weighted by Crippen LogP contribution is 2.26. The van der Waals surface area contributed by atoms with Crippen LogP contribution in [0.15, 0.2) is 99.1 Å². The van der Waals surface area contributed by atoms with E-state index in [0.717, 1.165) is 54.4 Å². The molecule has 3 aromatic carbocycles. The van der Waals surface area contributed by atoms with E-state index in [1.54, 1.807) is 7.11 Å². The quantitative estimate of drug-likeness (QED) is 0.507. The van der Waals surface area contributed by atoms with Crippen molar-refractivity contribution in [3.8, 4) is 5.75 Å². The van der Waals surface area contributed by atoms with Crippen molar-refractivity contribution in [2.75, 3.05) is 26.7 Å². The van der Waals surface area contributed by atoms with E-state index in [9.17, 15) is 4.21 Å². The number of ether oxygens (including phenoxy) is 1. The van der Waals surface area contributed by atoms with E-state index in [1.165, 1.54) is 5.56 Å². The van der Waals surface area contributed by atoms with Crippen molar-refractivity contribution in [3.05, 3.63) is 90.5 Å². The topological polar surface area (TPSA) is 41.9 Å². The van der Waals surface area contributed by atoms with Gasteiger partial charge in [-0.1, -0.05) is 48.5 Å². The van der Waals surface area contributed by atoms with Crippen molar-refractivity contribution in [2.24, 2.45) is 4.36 Å². The highest BCUT2D eigenvalue weighted by atomic mass is 32.2. The molecular weight excluding hydrogens is 404 g/mol. The van der Waals surface area contributed by atoms with Crippen molar-refractivity contribution in [2.45, 2.75) is 35.1 Å². The Kier molecular flexibility index (Phi) is 7.05. The molecule has 1 aliphatic rings. The van der Waals surface area contributed by atoms with Gasteiger partial charge in [-0.3, -0.25) is 0 Å². The van der Waals surface area contributed by atoms with Gasteiger partial charge < -0.3 is 9.64 Å². The Morgan fingerprint density at radius 2 is 1.55 bits per heavy atom. The molecule has 5 heteroatoms. The van der Waals surface area contributed by atoms with Crippen LogP contribution < -0.4 is 4.74 Å². The Labute approximate surface area is 186 Å². The van der Waals surface area contributed by atoms with Crippen molar-refractivity contribution in [1.29, 1.82) is 0 Å². The molecule has 4 rings (SSSR count). The Morgan fingerprint density at radius 1 is 0.935 bits per heavy atom. The average Bonchev–Trinajstić information content (AvgIpc) is 2.84. The van der Waals surface area contributed by atoms with Gasteiger partial charge in [0, 0.05) is 13.1 Å². The number of likely N-dealkylation sites (tertiary alicyclic amines) is 1. The van der Waals surface area contributed by atoms with Crippen LogP contribution in [0.25, 0.3) is 0 Å². The second-order valence-corrected chi connectivity index (χ2v) is 10.2. The molecule has 0 radical (unpaired) electrons. The normalized spacial score (nSPS) is 17.3. The van der Waals surface area contributed by atoms with Gasteiger partial charge in [-0.25, -0.2) is 8.57 Å². The van der Waals surface area contributed by atoms with E-state index in [2.05, 4.69) is 17.0 Å². The van der Waals surface area contributed by atoms with Gasteiger partial charge in [-0.2, -0.15) is 0 Å². The van der Waals surface area contributed by atoms with Gasteiger partial charge in [-0.05, 0) is 67.8 Å². The molecule has 0 saturated carbocycles. The fourth-order valence-corrected chi connectivity index (χ4v) is 6.24. The predicted molar refractivity (Wildman–Crippen MR) is 126 cm³/mol. The summed E-state index contributed by atoms with van der Waals surface area (Å²) in [5.41, 5.74) is 1.30. The first-order chi connectivity index (χ1) is 15.2. The molecule has 1 atom stereocenters. The standard InChI is InChI=1S/C26H30N2O2S/c1-30-24-16-14-22(15-17-24)18-20-28-19-8-9-23(21-28)27-31(29,25-10-4-2-5-11-25)26-12-6-3-7-13-26/h2-7,10-17,23H,8-9,18-21H2,1H3. The molecule has 0 N–H and O–H groups in total. The molecule has 1 saturated heterocycles. The van der Waals surface area contributed by atoms with Crippen LogP contribution in [0.3, 0.4) is 0 Å². The van der Waals surface area contributed by atoms with Crippen LogP contribution in [-0.2, 0) is 16.1 Å². The Balaban J connectivity index is 1.52. The number of methoxy groups -OCH3 is 1. The number of piperidine rings is 1. The molecule has 4 nitrogen and oxygen atoms in total. The number of hydrogen-bond acceptors (Lipinski definition) is 4. The van der Waals surface area contributed by atoms with Gasteiger partial charge in [0.1, 0.15) is 15.5 Å². The van der Waals surface area contributed by atoms with Crippen LogP contribution in [-0.4, -0.2) is 41.9 Å². The SMILES string of the molecule is COc1ccc(CCN2CCCC(N=S(=O)(c3ccccc3)c3ccccc3)C2)cc1. The van der Waals surface area contributed by atoms with Gasteiger partial charge >= 0.3 is 0 Å². The minimum absolute atomic E-state index is 0.0672. The molecule has 3 aromatic rings. The summed E-state index contributed by atoms with van der Waals surface area (Å²) in [6.07, 6.45) is 3.05. The van der Waals surface area contributed by atoms with E-state index in [-0.39, 0.29) is 6.04 Å². The van der Waals surface area contributed by atoms with Crippen LogP contribution in [0.4, 0.5) is 0 Å².